The molecule has 2 aliphatic heterocycles. The molecule has 0 spiro atoms. The van der Waals surface area contributed by atoms with Crippen molar-refractivity contribution in [3.8, 4) is 0 Å². The van der Waals surface area contributed by atoms with Crippen LogP contribution in [0.25, 0.3) is 10.9 Å². The molecule has 1 aromatic carbocycles. The maximum atomic E-state index is 11.3. The fourth-order valence-corrected chi connectivity index (χ4v) is 4.14. The molecule has 2 atom stereocenters. The fourth-order valence-electron chi connectivity index (χ4n) is 4.14. The quantitative estimate of drug-likeness (QED) is 0.864. The van der Waals surface area contributed by atoms with Crippen LogP contribution in [0.4, 0.5) is 0 Å². The van der Waals surface area contributed by atoms with Crippen molar-refractivity contribution in [1.29, 1.82) is 0 Å². The van der Waals surface area contributed by atoms with Crippen LogP contribution in [-0.2, 0) is 5.60 Å². The lowest BCUT2D eigenvalue weighted by Gasteiger charge is -2.42. The highest BCUT2D eigenvalue weighted by atomic mass is 16.3. The maximum Gasteiger partial charge on any atom is 0.0947 e. The number of aromatic nitrogens is 1. The summed E-state index contributed by atoms with van der Waals surface area (Å²) in [5.41, 5.74) is 1.26. The summed E-state index contributed by atoms with van der Waals surface area (Å²) in [4.78, 5) is 6.97. The Morgan fingerprint density at radius 3 is 2.60 bits per heavy atom. The zero-order chi connectivity index (χ0) is 13.7. The lowest BCUT2D eigenvalue weighted by atomic mass is 9.80. The van der Waals surface area contributed by atoms with Gasteiger partial charge in [-0.1, -0.05) is 24.3 Å². The predicted molar refractivity (Wildman–Crippen MR) is 79.4 cm³/mol. The summed E-state index contributed by atoms with van der Waals surface area (Å²) < 4.78 is 0. The highest BCUT2D eigenvalue weighted by Crippen LogP contribution is 2.46. The van der Waals surface area contributed by atoms with Gasteiger partial charge in [0, 0.05) is 29.2 Å². The molecule has 0 amide bonds. The Kier molecular flexibility index (Phi) is 2.63. The molecule has 20 heavy (non-hydrogen) atoms. The van der Waals surface area contributed by atoms with Crippen LogP contribution in [0.1, 0.15) is 31.2 Å². The average Bonchev–Trinajstić information content (AvgIpc) is 2.70. The number of fused-ring (bicyclic) bond motifs is 3. The van der Waals surface area contributed by atoms with Crippen molar-refractivity contribution < 1.29 is 5.11 Å². The predicted octanol–water partition coefficient (Wildman–Crippen LogP) is 2.68. The Morgan fingerprint density at radius 2 is 1.85 bits per heavy atom. The van der Waals surface area contributed by atoms with Gasteiger partial charge in [0.25, 0.3) is 0 Å². The van der Waals surface area contributed by atoms with Gasteiger partial charge in [0.15, 0.2) is 0 Å². The Bertz CT molecular complexity index is 635. The minimum absolute atomic E-state index is 0.512. The Hall–Kier alpha value is -1.45. The first-order valence-electron chi connectivity index (χ1n) is 7.46. The van der Waals surface area contributed by atoms with Crippen molar-refractivity contribution >= 4 is 10.9 Å². The van der Waals surface area contributed by atoms with Crippen LogP contribution >= 0.6 is 0 Å². The summed E-state index contributed by atoms with van der Waals surface area (Å²) in [6.45, 7) is 0. The molecular formula is C17H20N2O. The van der Waals surface area contributed by atoms with Crippen LogP contribution in [-0.4, -0.2) is 34.1 Å². The van der Waals surface area contributed by atoms with E-state index in [0.717, 1.165) is 29.3 Å². The molecule has 3 heteroatoms. The molecule has 1 N–H and O–H groups in total. The molecule has 0 aliphatic carbocycles. The Morgan fingerprint density at radius 1 is 1.15 bits per heavy atom. The zero-order valence-electron chi connectivity index (χ0n) is 11.8. The smallest absolute Gasteiger partial charge is 0.0947 e. The number of rotatable bonds is 1. The van der Waals surface area contributed by atoms with Gasteiger partial charge in [0.05, 0.1) is 11.1 Å². The lowest BCUT2D eigenvalue weighted by molar-refractivity contribution is -0.0483. The van der Waals surface area contributed by atoms with Crippen molar-refractivity contribution in [2.75, 3.05) is 7.05 Å². The van der Waals surface area contributed by atoms with Gasteiger partial charge in [-0.15, -0.1) is 0 Å². The SMILES string of the molecule is CN1C2CCC1CC(O)(c1cccc3cccnc13)C2. The molecule has 2 bridgehead atoms. The monoisotopic (exact) mass is 268 g/mol. The molecule has 3 heterocycles. The maximum absolute atomic E-state index is 11.3. The number of pyridine rings is 1. The van der Waals surface area contributed by atoms with Crippen molar-refractivity contribution in [3.05, 3.63) is 42.1 Å². The number of piperidine rings is 1. The number of nitrogens with zero attached hydrogens (tertiary/aromatic N) is 2. The summed E-state index contributed by atoms with van der Waals surface area (Å²) in [5, 5.41) is 12.4. The van der Waals surface area contributed by atoms with Crippen LogP contribution in [0.2, 0.25) is 0 Å². The van der Waals surface area contributed by atoms with E-state index in [1.807, 2.05) is 18.3 Å². The molecule has 2 unspecified atom stereocenters. The van der Waals surface area contributed by atoms with E-state index in [0.29, 0.717) is 12.1 Å². The lowest BCUT2D eigenvalue weighted by Crippen LogP contribution is -2.47. The summed E-state index contributed by atoms with van der Waals surface area (Å²) in [5.74, 6) is 0. The number of para-hydroxylation sites is 1. The molecule has 0 radical (unpaired) electrons. The zero-order valence-corrected chi connectivity index (χ0v) is 11.8. The molecule has 104 valence electrons. The molecule has 3 nitrogen and oxygen atoms in total. The van der Waals surface area contributed by atoms with E-state index in [1.165, 1.54) is 12.8 Å². The summed E-state index contributed by atoms with van der Waals surface area (Å²) >= 11 is 0. The van der Waals surface area contributed by atoms with E-state index < -0.39 is 5.60 Å². The summed E-state index contributed by atoms with van der Waals surface area (Å²) in [6.07, 6.45) is 5.90. The third-order valence-electron chi connectivity index (χ3n) is 5.27. The van der Waals surface area contributed by atoms with Crippen LogP contribution in [0, 0.1) is 0 Å². The normalized spacial score (nSPS) is 33.7. The highest BCUT2D eigenvalue weighted by molar-refractivity contribution is 5.82. The second-order valence-electron chi connectivity index (χ2n) is 6.37. The topological polar surface area (TPSA) is 36.4 Å². The molecule has 4 rings (SSSR count). The van der Waals surface area contributed by atoms with Crippen molar-refractivity contribution in [2.45, 2.75) is 43.4 Å². The minimum Gasteiger partial charge on any atom is -0.385 e. The van der Waals surface area contributed by atoms with Gasteiger partial charge in [0.1, 0.15) is 0 Å². The van der Waals surface area contributed by atoms with Crippen LogP contribution in [0.5, 0.6) is 0 Å². The molecule has 2 saturated heterocycles. The Balaban J connectivity index is 1.83. The number of hydrogen-bond acceptors (Lipinski definition) is 3. The van der Waals surface area contributed by atoms with Crippen molar-refractivity contribution in [1.82, 2.24) is 9.88 Å². The standard InChI is InChI=1S/C17H20N2O/c1-19-13-7-8-14(19)11-17(20,10-13)15-6-2-4-12-5-3-9-18-16(12)15/h2-6,9,13-14,20H,7-8,10-11H2,1H3. The van der Waals surface area contributed by atoms with Crippen LogP contribution in [0.15, 0.2) is 36.5 Å². The van der Waals surface area contributed by atoms with Crippen molar-refractivity contribution in [3.63, 3.8) is 0 Å². The van der Waals surface area contributed by atoms with Gasteiger partial charge in [-0.05, 0) is 38.8 Å². The van der Waals surface area contributed by atoms with Gasteiger partial charge in [-0.2, -0.15) is 0 Å². The molecule has 0 saturated carbocycles. The fraction of sp³-hybridized carbons (Fsp3) is 0.471. The number of benzene rings is 1. The average molecular weight is 268 g/mol. The van der Waals surface area contributed by atoms with Gasteiger partial charge in [0.2, 0.25) is 0 Å². The van der Waals surface area contributed by atoms with Crippen LogP contribution < -0.4 is 0 Å². The Labute approximate surface area is 119 Å². The highest BCUT2D eigenvalue weighted by Gasteiger charge is 2.47. The van der Waals surface area contributed by atoms with Gasteiger partial charge >= 0.3 is 0 Å². The number of hydrogen-bond donors (Lipinski definition) is 1. The second kappa shape index (κ2) is 4.27. The molecular weight excluding hydrogens is 248 g/mol. The molecule has 2 aromatic rings. The van der Waals surface area contributed by atoms with E-state index in [-0.39, 0.29) is 0 Å². The first-order valence-corrected chi connectivity index (χ1v) is 7.46. The molecule has 2 aliphatic rings. The van der Waals surface area contributed by atoms with E-state index in [4.69, 9.17) is 0 Å². The van der Waals surface area contributed by atoms with E-state index in [1.54, 1.807) is 0 Å². The van der Waals surface area contributed by atoms with E-state index in [2.05, 4.69) is 35.1 Å². The van der Waals surface area contributed by atoms with Crippen LogP contribution in [0.3, 0.4) is 0 Å². The van der Waals surface area contributed by atoms with Gasteiger partial charge < -0.3 is 10.0 Å². The first-order chi connectivity index (χ1) is 9.67. The molecule has 1 aromatic heterocycles. The van der Waals surface area contributed by atoms with Gasteiger partial charge in [-0.25, -0.2) is 0 Å². The first kappa shape index (κ1) is 12.3. The third-order valence-corrected chi connectivity index (χ3v) is 5.27. The minimum atomic E-state index is -0.716. The molecule has 2 fully saturated rings. The van der Waals surface area contributed by atoms with E-state index >= 15 is 0 Å². The third kappa shape index (κ3) is 1.70. The van der Waals surface area contributed by atoms with Gasteiger partial charge in [-0.3, -0.25) is 4.98 Å². The second-order valence-corrected chi connectivity index (χ2v) is 6.37. The summed E-state index contributed by atoms with van der Waals surface area (Å²) in [7, 11) is 2.20. The van der Waals surface area contributed by atoms with Crippen molar-refractivity contribution in [2.24, 2.45) is 0 Å². The number of aliphatic hydroxyl groups is 1. The largest absolute Gasteiger partial charge is 0.385 e. The van der Waals surface area contributed by atoms with E-state index in [9.17, 15) is 5.11 Å². The summed E-state index contributed by atoms with van der Waals surface area (Å²) in [6, 6.07) is 11.2.